The molecule has 0 N–H and O–H groups in total. The lowest BCUT2D eigenvalue weighted by Crippen LogP contribution is -1.92. The third-order valence-corrected chi connectivity index (χ3v) is 1.85. The van der Waals surface area contributed by atoms with E-state index in [9.17, 15) is 4.39 Å². The zero-order valence-electron chi connectivity index (χ0n) is 7.66. The SMILES string of the molecule is Cc1ccc(F)c(-c2[c]nccc2)n1. The van der Waals surface area contributed by atoms with Crippen LogP contribution in [0, 0.1) is 18.9 Å². The second-order valence-corrected chi connectivity index (χ2v) is 2.95. The van der Waals surface area contributed by atoms with Crippen molar-refractivity contribution in [3.05, 3.63) is 48.2 Å². The third-order valence-electron chi connectivity index (χ3n) is 1.85. The number of aryl methyl sites for hydroxylation is 1. The summed E-state index contributed by atoms with van der Waals surface area (Å²) in [5.74, 6) is -0.347. The van der Waals surface area contributed by atoms with E-state index < -0.39 is 0 Å². The zero-order chi connectivity index (χ0) is 9.97. The number of halogens is 1. The molecule has 0 atom stereocenters. The Morgan fingerprint density at radius 3 is 2.86 bits per heavy atom. The number of aromatic nitrogens is 2. The standard InChI is InChI=1S/C11H8FN2/c1-8-4-5-10(12)11(14-8)9-3-2-6-13-7-9/h2-6H,1H3. The number of hydrogen-bond acceptors (Lipinski definition) is 2. The van der Waals surface area contributed by atoms with Crippen LogP contribution < -0.4 is 0 Å². The summed E-state index contributed by atoms with van der Waals surface area (Å²) >= 11 is 0. The quantitative estimate of drug-likeness (QED) is 0.685. The van der Waals surface area contributed by atoms with Crippen molar-refractivity contribution in [2.45, 2.75) is 6.92 Å². The van der Waals surface area contributed by atoms with Crippen molar-refractivity contribution < 1.29 is 4.39 Å². The molecule has 14 heavy (non-hydrogen) atoms. The second-order valence-electron chi connectivity index (χ2n) is 2.95. The van der Waals surface area contributed by atoms with E-state index in [1.54, 1.807) is 24.4 Å². The average molecular weight is 187 g/mol. The third kappa shape index (κ3) is 1.62. The normalized spacial score (nSPS) is 10.1. The van der Waals surface area contributed by atoms with Gasteiger partial charge in [-0.1, -0.05) is 0 Å². The molecule has 0 saturated carbocycles. The van der Waals surface area contributed by atoms with Gasteiger partial charge in [-0.2, -0.15) is 0 Å². The average Bonchev–Trinajstić information content (AvgIpc) is 2.23. The maximum Gasteiger partial charge on any atom is 0.149 e. The van der Waals surface area contributed by atoms with Crippen molar-refractivity contribution in [1.82, 2.24) is 9.97 Å². The maximum atomic E-state index is 13.3. The molecule has 0 fully saturated rings. The maximum absolute atomic E-state index is 13.3. The predicted octanol–water partition coefficient (Wildman–Crippen LogP) is 2.39. The van der Waals surface area contributed by atoms with E-state index in [0.717, 1.165) is 5.69 Å². The molecule has 0 aromatic carbocycles. The first kappa shape index (κ1) is 8.81. The molecule has 0 bridgehead atoms. The molecule has 2 rings (SSSR count). The van der Waals surface area contributed by atoms with Gasteiger partial charge in [0.1, 0.15) is 11.5 Å². The van der Waals surface area contributed by atoms with Crippen LogP contribution in [-0.4, -0.2) is 9.97 Å². The van der Waals surface area contributed by atoms with Gasteiger partial charge in [0.15, 0.2) is 0 Å². The summed E-state index contributed by atoms with van der Waals surface area (Å²) in [6, 6.07) is 6.50. The monoisotopic (exact) mass is 187 g/mol. The molecule has 1 radical (unpaired) electrons. The summed E-state index contributed by atoms with van der Waals surface area (Å²) in [4.78, 5) is 7.90. The molecule has 2 aromatic heterocycles. The van der Waals surface area contributed by atoms with Crippen molar-refractivity contribution in [3.63, 3.8) is 0 Å². The Morgan fingerprint density at radius 2 is 2.14 bits per heavy atom. The predicted molar refractivity (Wildman–Crippen MR) is 51.0 cm³/mol. The first-order valence-electron chi connectivity index (χ1n) is 4.23. The van der Waals surface area contributed by atoms with Gasteiger partial charge in [0, 0.05) is 17.5 Å². The summed E-state index contributed by atoms with van der Waals surface area (Å²) in [7, 11) is 0. The molecule has 0 aliphatic rings. The van der Waals surface area contributed by atoms with Crippen LogP contribution in [0.4, 0.5) is 4.39 Å². The Kier molecular flexibility index (Phi) is 2.23. The van der Waals surface area contributed by atoms with Gasteiger partial charge in [0.05, 0.1) is 6.20 Å². The lowest BCUT2D eigenvalue weighted by Gasteiger charge is -2.01. The van der Waals surface area contributed by atoms with E-state index in [0.29, 0.717) is 11.3 Å². The van der Waals surface area contributed by atoms with Gasteiger partial charge in [-0.3, -0.25) is 4.98 Å². The minimum absolute atomic E-state index is 0.304. The lowest BCUT2D eigenvalue weighted by molar-refractivity contribution is 0.624. The summed E-state index contributed by atoms with van der Waals surface area (Å²) in [5.41, 5.74) is 1.66. The largest absolute Gasteiger partial charge is 0.254 e. The second kappa shape index (κ2) is 3.54. The molecule has 0 unspecified atom stereocenters. The summed E-state index contributed by atoms with van der Waals surface area (Å²) < 4.78 is 13.3. The van der Waals surface area contributed by atoms with Gasteiger partial charge in [-0.25, -0.2) is 9.37 Å². The van der Waals surface area contributed by atoms with Gasteiger partial charge in [0.2, 0.25) is 0 Å². The van der Waals surface area contributed by atoms with Crippen LogP contribution in [0.3, 0.4) is 0 Å². The molecular formula is C11H8FN2. The van der Waals surface area contributed by atoms with Gasteiger partial charge < -0.3 is 0 Å². The van der Waals surface area contributed by atoms with Gasteiger partial charge in [-0.15, -0.1) is 0 Å². The minimum atomic E-state index is -0.347. The lowest BCUT2D eigenvalue weighted by atomic mass is 10.2. The topological polar surface area (TPSA) is 25.8 Å². The molecule has 69 valence electrons. The molecule has 2 heterocycles. The van der Waals surface area contributed by atoms with Crippen LogP contribution >= 0.6 is 0 Å². The Balaban J connectivity index is 2.57. The van der Waals surface area contributed by atoms with Crippen molar-refractivity contribution in [2.75, 3.05) is 0 Å². The van der Waals surface area contributed by atoms with Gasteiger partial charge >= 0.3 is 0 Å². The van der Waals surface area contributed by atoms with Crippen molar-refractivity contribution in [2.24, 2.45) is 0 Å². The Bertz CT molecular complexity index is 440. The zero-order valence-corrected chi connectivity index (χ0v) is 7.66. The molecule has 2 nitrogen and oxygen atoms in total. The Labute approximate surface area is 81.5 Å². The molecule has 0 spiro atoms. The fourth-order valence-electron chi connectivity index (χ4n) is 1.19. The van der Waals surface area contributed by atoms with Gasteiger partial charge in [-0.05, 0) is 31.2 Å². The first-order chi connectivity index (χ1) is 6.77. The molecule has 0 saturated heterocycles. The van der Waals surface area contributed by atoms with Crippen LogP contribution in [0.15, 0.2) is 30.5 Å². The number of nitrogens with zero attached hydrogens (tertiary/aromatic N) is 2. The molecular weight excluding hydrogens is 179 g/mol. The summed E-state index contributed by atoms with van der Waals surface area (Å²) in [6.07, 6.45) is 4.29. The van der Waals surface area contributed by atoms with Crippen LogP contribution in [0.1, 0.15) is 5.69 Å². The summed E-state index contributed by atoms with van der Waals surface area (Å²) in [5, 5.41) is 0. The van der Waals surface area contributed by atoms with E-state index in [1.165, 1.54) is 6.07 Å². The minimum Gasteiger partial charge on any atom is -0.254 e. The molecule has 0 aliphatic heterocycles. The number of pyridine rings is 2. The van der Waals surface area contributed by atoms with E-state index in [1.807, 2.05) is 6.92 Å². The highest BCUT2D eigenvalue weighted by atomic mass is 19.1. The van der Waals surface area contributed by atoms with E-state index in [4.69, 9.17) is 0 Å². The Morgan fingerprint density at radius 1 is 1.29 bits per heavy atom. The fraction of sp³-hybridized carbons (Fsp3) is 0.0909. The molecule has 2 aromatic rings. The van der Waals surface area contributed by atoms with Gasteiger partial charge in [0.25, 0.3) is 0 Å². The smallest absolute Gasteiger partial charge is 0.149 e. The van der Waals surface area contributed by atoms with Crippen LogP contribution in [0.2, 0.25) is 0 Å². The summed E-state index contributed by atoms with van der Waals surface area (Å²) in [6.45, 7) is 1.82. The van der Waals surface area contributed by atoms with Crippen LogP contribution in [0.5, 0.6) is 0 Å². The van der Waals surface area contributed by atoms with E-state index >= 15 is 0 Å². The first-order valence-corrected chi connectivity index (χ1v) is 4.23. The Hall–Kier alpha value is -1.77. The number of hydrogen-bond donors (Lipinski definition) is 0. The van der Waals surface area contributed by atoms with Crippen molar-refractivity contribution >= 4 is 0 Å². The van der Waals surface area contributed by atoms with Crippen LogP contribution in [-0.2, 0) is 0 Å². The highest BCUT2D eigenvalue weighted by Crippen LogP contribution is 2.18. The molecule has 0 aliphatic carbocycles. The van der Waals surface area contributed by atoms with Crippen molar-refractivity contribution in [3.8, 4) is 11.3 Å². The highest BCUT2D eigenvalue weighted by Gasteiger charge is 2.06. The van der Waals surface area contributed by atoms with E-state index in [-0.39, 0.29) is 5.82 Å². The highest BCUT2D eigenvalue weighted by molar-refractivity contribution is 5.57. The van der Waals surface area contributed by atoms with Crippen LogP contribution in [0.25, 0.3) is 11.3 Å². The molecule has 3 heteroatoms. The fourth-order valence-corrected chi connectivity index (χ4v) is 1.19. The van der Waals surface area contributed by atoms with Crippen molar-refractivity contribution in [1.29, 1.82) is 0 Å². The van der Waals surface area contributed by atoms with E-state index in [2.05, 4.69) is 16.2 Å². The molecule has 0 amide bonds. The number of rotatable bonds is 1.